The van der Waals surface area contributed by atoms with Crippen molar-refractivity contribution in [1.29, 1.82) is 0 Å². The van der Waals surface area contributed by atoms with Crippen LogP contribution in [0.25, 0.3) is 0 Å². The van der Waals surface area contributed by atoms with Gasteiger partial charge in [0.05, 0.1) is 6.10 Å². The molecule has 0 bridgehead atoms. The number of aliphatic hydroxyl groups is 1. The average molecular weight is 200 g/mol. The standard InChI is InChI=1S/C7H11F3O3/c1-3-4(2)13-6(12)5(11)7(8,9)10/h4-5,11H,3H2,1-2H3. The fourth-order valence-electron chi connectivity index (χ4n) is 0.480. The van der Waals surface area contributed by atoms with E-state index in [1.165, 1.54) is 6.92 Å². The highest BCUT2D eigenvalue weighted by molar-refractivity contribution is 5.75. The molecule has 2 unspecified atom stereocenters. The molecule has 1 N–H and O–H groups in total. The van der Waals surface area contributed by atoms with Crippen LogP contribution in [0.4, 0.5) is 13.2 Å². The summed E-state index contributed by atoms with van der Waals surface area (Å²) in [5, 5.41) is 8.40. The first-order chi connectivity index (χ1) is 5.79. The highest BCUT2D eigenvalue weighted by atomic mass is 19.4. The Kier molecular flexibility index (Phi) is 4.19. The molecule has 6 heteroatoms. The fraction of sp³-hybridized carbons (Fsp3) is 0.857. The second-order valence-electron chi connectivity index (χ2n) is 2.60. The molecule has 0 spiro atoms. The van der Waals surface area contributed by atoms with Gasteiger partial charge in [-0.25, -0.2) is 4.79 Å². The van der Waals surface area contributed by atoms with E-state index in [1.54, 1.807) is 6.92 Å². The Morgan fingerprint density at radius 2 is 2.00 bits per heavy atom. The summed E-state index contributed by atoms with van der Waals surface area (Å²) in [4.78, 5) is 10.6. The summed E-state index contributed by atoms with van der Waals surface area (Å²) in [6, 6.07) is 0. The molecule has 0 rings (SSSR count). The topological polar surface area (TPSA) is 46.5 Å². The van der Waals surface area contributed by atoms with Gasteiger partial charge in [0.15, 0.2) is 0 Å². The van der Waals surface area contributed by atoms with Gasteiger partial charge in [-0.2, -0.15) is 13.2 Å². The van der Waals surface area contributed by atoms with Crippen molar-refractivity contribution in [3.8, 4) is 0 Å². The molecule has 0 aromatic carbocycles. The van der Waals surface area contributed by atoms with Gasteiger partial charge in [-0.1, -0.05) is 6.92 Å². The average Bonchev–Trinajstić information content (AvgIpc) is 2.01. The Hall–Kier alpha value is -0.780. The molecule has 0 amide bonds. The molecule has 0 aliphatic rings. The van der Waals surface area contributed by atoms with Gasteiger partial charge in [-0.15, -0.1) is 0 Å². The molecular weight excluding hydrogens is 189 g/mol. The van der Waals surface area contributed by atoms with E-state index in [0.29, 0.717) is 6.42 Å². The van der Waals surface area contributed by atoms with Crippen molar-refractivity contribution < 1.29 is 27.8 Å². The number of hydrogen-bond donors (Lipinski definition) is 1. The Balaban J connectivity index is 4.12. The third-order valence-electron chi connectivity index (χ3n) is 1.43. The quantitative estimate of drug-likeness (QED) is 0.697. The molecule has 0 aliphatic carbocycles. The number of ether oxygens (including phenoxy) is 1. The van der Waals surface area contributed by atoms with Crippen LogP contribution in [0.1, 0.15) is 20.3 Å². The number of rotatable bonds is 3. The van der Waals surface area contributed by atoms with Crippen LogP contribution in [0.15, 0.2) is 0 Å². The highest BCUT2D eigenvalue weighted by Gasteiger charge is 2.45. The number of aliphatic hydroxyl groups excluding tert-OH is 1. The largest absolute Gasteiger partial charge is 0.461 e. The van der Waals surface area contributed by atoms with E-state index in [2.05, 4.69) is 4.74 Å². The fourth-order valence-corrected chi connectivity index (χ4v) is 0.480. The number of halogens is 3. The van der Waals surface area contributed by atoms with Crippen molar-refractivity contribution >= 4 is 5.97 Å². The summed E-state index contributed by atoms with van der Waals surface area (Å²) in [5.74, 6) is -1.65. The SMILES string of the molecule is CCC(C)OC(=O)C(O)C(F)(F)F. The van der Waals surface area contributed by atoms with Gasteiger partial charge in [0, 0.05) is 0 Å². The number of hydrogen-bond acceptors (Lipinski definition) is 3. The zero-order valence-corrected chi connectivity index (χ0v) is 7.26. The zero-order chi connectivity index (χ0) is 10.6. The molecule has 0 aliphatic heterocycles. The van der Waals surface area contributed by atoms with Crippen molar-refractivity contribution in [2.75, 3.05) is 0 Å². The molecular formula is C7H11F3O3. The summed E-state index contributed by atoms with van der Waals surface area (Å²) in [5.41, 5.74) is 0. The van der Waals surface area contributed by atoms with Gasteiger partial charge in [-0.05, 0) is 13.3 Å². The van der Waals surface area contributed by atoms with Crippen molar-refractivity contribution in [3.05, 3.63) is 0 Å². The maximum Gasteiger partial charge on any atom is 0.425 e. The summed E-state index contributed by atoms with van der Waals surface area (Å²) >= 11 is 0. The van der Waals surface area contributed by atoms with Crippen LogP contribution in [0.5, 0.6) is 0 Å². The molecule has 0 heterocycles. The Bertz CT molecular complexity index is 178. The Morgan fingerprint density at radius 1 is 1.54 bits per heavy atom. The first-order valence-corrected chi connectivity index (χ1v) is 3.74. The molecule has 0 saturated carbocycles. The number of carbonyl (C=O) groups excluding carboxylic acids is 1. The first-order valence-electron chi connectivity index (χ1n) is 3.74. The van der Waals surface area contributed by atoms with Crippen molar-refractivity contribution in [1.82, 2.24) is 0 Å². The lowest BCUT2D eigenvalue weighted by molar-refractivity contribution is -0.220. The number of esters is 1. The normalized spacial score (nSPS) is 16.5. The Labute approximate surface area is 73.5 Å². The number of alkyl halides is 3. The van der Waals surface area contributed by atoms with Gasteiger partial charge < -0.3 is 9.84 Å². The van der Waals surface area contributed by atoms with Gasteiger partial charge in [0.1, 0.15) is 0 Å². The van der Waals surface area contributed by atoms with E-state index in [4.69, 9.17) is 5.11 Å². The smallest absolute Gasteiger partial charge is 0.425 e. The van der Waals surface area contributed by atoms with Crippen LogP contribution in [0.2, 0.25) is 0 Å². The van der Waals surface area contributed by atoms with E-state index in [0.717, 1.165) is 0 Å². The highest BCUT2D eigenvalue weighted by Crippen LogP contribution is 2.21. The second kappa shape index (κ2) is 4.45. The van der Waals surface area contributed by atoms with Crippen LogP contribution in [0.3, 0.4) is 0 Å². The van der Waals surface area contributed by atoms with Gasteiger partial charge in [0.25, 0.3) is 0 Å². The van der Waals surface area contributed by atoms with Crippen molar-refractivity contribution in [2.24, 2.45) is 0 Å². The van der Waals surface area contributed by atoms with Crippen molar-refractivity contribution in [2.45, 2.75) is 38.7 Å². The van der Waals surface area contributed by atoms with E-state index in [9.17, 15) is 18.0 Å². The van der Waals surface area contributed by atoms with Gasteiger partial charge in [-0.3, -0.25) is 0 Å². The summed E-state index contributed by atoms with van der Waals surface area (Å²) in [6.45, 7) is 3.10. The van der Waals surface area contributed by atoms with Crippen LogP contribution >= 0.6 is 0 Å². The molecule has 0 aromatic rings. The maximum atomic E-state index is 11.7. The second-order valence-corrected chi connectivity index (χ2v) is 2.60. The van der Waals surface area contributed by atoms with Crippen LogP contribution < -0.4 is 0 Å². The first kappa shape index (κ1) is 12.2. The van der Waals surface area contributed by atoms with Crippen LogP contribution in [-0.4, -0.2) is 29.5 Å². The zero-order valence-electron chi connectivity index (χ0n) is 7.26. The molecule has 0 saturated heterocycles. The summed E-state index contributed by atoms with van der Waals surface area (Å²) < 4.78 is 39.4. The number of carbonyl (C=O) groups is 1. The van der Waals surface area contributed by atoms with Crippen LogP contribution in [-0.2, 0) is 9.53 Å². The summed E-state index contributed by atoms with van der Waals surface area (Å²) in [7, 11) is 0. The third-order valence-corrected chi connectivity index (χ3v) is 1.43. The predicted molar refractivity (Wildman–Crippen MR) is 37.9 cm³/mol. The third kappa shape index (κ3) is 4.12. The Morgan fingerprint density at radius 3 is 2.31 bits per heavy atom. The van der Waals surface area contributed by atoms with Crippen LogP contribution in [0, 0.1) is 0 Å². The molecule has 13 heavy (non-hydrogen) atoms. The molecule has 3 nitrogen and oxygen atoms in total. The molecule has 0 fully saturated rings. The van der Waals surface area contributed by atoms with E-state index >= 15 is 0 Å². The lowest BCUT2D eigenvalue weighted by atomic mass is 10.3. The van der Waals surface area contributed by atoms with Gasteiger partial charge >= 0.3 is 12.1 Å². The summed E-state index contributed by atoms with van der Waals surface area (Å²) in [6.07, 6.45) is -8.22. The molecule has 78 valence electrons. The van der Waals surface area contributed by atoms with Crippen molar-refractivity contribution in [3.63, 3.8) is 0 Å². The van der Waals surface area contributed by atoms with Gasteiger partial charge in [0.2, 0.25) is 6.10 Å². The molecule has 2 atom stereocenters. The van der Waals surface area contributed by atoms with E-state index < -0.39 is 24.4 Å². The van der Waals surface area contributed by atoms with E-state index in [-0.39, 0.29) is 0 Å². The lowest BCUT2D eigenvalue weighted by Gasteiger charge is -2.16. The molecule has 0 radical (unpaired) electrons. The minimum atomic E-state index is -4.95. The monoisotopic (exact) mass is 200 g/mol. The van der Waals surface area contributed by atoms with E-state index in [1.807, 2.05) is 0 Å². The molecule has 0 aromatic heterocycles. The lowest BCUT2D eigenvalue weighted by Crippen LogP contribution is -2.38. The maximum absolute atomic E-state index is 11.7. The minimum Gasteiger partial charge on any atom is -0.461 e. The predicted octanol–water partition coefficient (Wildman–Crippen LogP) is 1.25. The minimum absolute atomic E-state index is 0.399.